The zero-order chi connectivity index (χ0) is 14.3. The molecule has 0 amide bonds. The van der Waals surface area contributed by atoms with Gasteiger partial charge in [0.25, 0.3) is 0 Å². The van der Waals surface area contributed by atoms with Crippen LogP contribution in [0.15, 0.2) is 18.2 Å². The zero-order valence-corrected chi connectivity index (χ0v) is 10.4. The predicted octanol–water partition coefficient (Wildman–Crippen LogP) is 2.31. The molecule has 2 N–H and O–H groups in total. The van der Waals surface area contributed by atoms with E-state index in [-0.39, 0.29) is 23.5 Å². The van der Waals surface area contributed by atoms with Crippen LogP contribution in [-0.4, -0.2) is 24.5 Å². The molecule has 0 aliphatic carbocycles. The van der Waals surface area contributed by atoms with Gasteiger partial charge in [0, 0.05) is 12.2 Å². The maximum Gasteiger partial charge on any atom is 0.416 e. The van der Waals surface area contributed by atoms with Crippen molar-refractivity contribution in [2.75, 3.05) is 13.2 Å². The molecule has 0 radical (unpaired) electrons. The van der Waals surface area contributed by atoms with Gasteiger partial charge in [-0.1, -0.05) is 6.07 Å². The van der Waals surface area contributed by atoms with E-state index in [0.29, 0.717) is 13.0 Å². The number of aryl methyl sites for hydroxylation is 1. The summed E-state index contributed by atoms with van der Waals surface area (Å²) in [4.78, 5) is 12.3. The van der Waals surface area contributed by atoms with Gasteiger partial charge in [0.15, 0.2) is 5.78 Å². The molecule has 0 spiro atoms. The summed E-state index contributed by atoms with van der Waals surface area (Å²) in [5.74, 6) is -0.365. The smallest absolute Gasteiger partial charge is 0.379 e. The van der Waals surface area contributed by atoms with Crippen LogP contribution in [0, 0.1) is 6.92 Å². The first-order valence-corrected chi connectivity index (χ1v) is 5.83. The van der Waals surface area contributed by atoms with Gasteiger partial charge in [0.1, 0.15) is 5.54 Å². The van der Waals surface area contributed by atoms with E-state index in [1.807, 2.05) is 0 Å². The maximum absolute atomic E-state index is 12.5. The van der Waals surface area contributed by atoms with E-state index in [2.05, 4.69) is 0 Å². The lowest BCUT2D eigenvalue weighted by molar-refractivity contribution is -0.137. The summed E-state index contributed by atoms with van der Waals surface area (Å²) in [6.07, 6.45) is -4.03. The Kier molecular flexibility index (Phi) is 3.40. The first-order valence-electron chi connectivity index (χ1n) is 5.83. The SMILES string of the molecule is Cc1cc(C(F)(F)F)ccc1C(=O)C1(N)CCOC1. The molecule has 19 heavy (non-hydrogen) atoms. The molecule has 1 heterocycles. The predicted molar refractivity (Wildman–Crippen MR) is 62.9 cm³/mol. The van der Waals surface area contributed by atoms with Gasteiger partial charge >= 0.3 is 6.18 Å². The average Bonchev–Trinajstić information content (AvgIpc) is 2.75. The first kappa shape index (κ1) is 14.0. The van der Waals surface area contributed by atoms with Crippen molar-refractivity contribution in [2.45, 2.75) is 25.1 Å². The Hall–Kier alpha value is -1.40. The van der Waals surface area contributed by atoms with E-state index < -0.39 is 17.3 Å². The molecule has 6 heteroatoms. The molecule has 1 aromatic carbocycles. The van der Waals surface area contributed by atoms with Crippen molar-refractivity contribution in [3.63, 3.8) is 0 Å². The number of halogens is 3. The quantitative estimate of drug-likeness (QED) is 0.841. The second kappa shape index (κ2) is 4.61. The molecule has 0 aromatic heterocycles. The Morgan fingerprint density at radius 3 is 2.58 bits per heavy atom. The number of rotatable bonds is 2. The van der Waals surface area contributed by atoms with Gasteiger partial charge in [-0.05, 0) is 31.0 Å². The fourth-order valence-corrected chi connectivity index (χ4v) is 2.12. The van der Waals surface area contributed by atoms with E-state index in [4.69, 9.17) is 10.5 Å². The highest BCUT2D eigenvalue weighted by molar-refractivity contribution is 6.04. The van der Waals surface area contributed by atoms with Crippen LogP contribution in [-0.2, 0) is 10.9 Å². The Morgan fingerprint density at radius 2 is 2.11 bits per heavy atom. The molecular formula is C13H14F3NO2. The Labute approximate surface area is 108 Å². The van der Waals surface area contributed by atoms with Crippen LogP contribution in [0.3, 0.4) is 0 Å². The van der Waals surface area contributed by atoms with Crippen molar-refractivity contribution in [3.8, 4) is 0 Å². The van der Waals surface area contributed by atoms with Crippen molar-refractivity contribution in [2.24, 2.45) is 5.73 Å². The Balaban J connectivity index is 2.34. The highest BCUT2D eigenvalue weighted by Gasteiger charge is 2.39. The zero-order valence-electron chi connectivity index (χ0n) is 10.4. The van der Waals surface area contributed by atoms with Crippen LogP contribution in [0.2, 0.25) is 0 Å². The summed E-state index contributed by atoms with van der Waals surface area (Å²) in [5.41, 5.74) is 4.54. The lowest BCUT2D eigenvalue weighted by Crippen LogP contribution is -2.48. The molecule has 1 saturated heterocycles. The third-order valence-corrected chi connectivity index (χ3v) is 3.30. The van der Waals surface area contributed by atoms with Gasteiger partial charge in [-0.15, -0.1) is 0 Å². The summed E-state index contributed by atoms with van der Waals surface area (Å²) >= 11 is 0. The largest absolute Gasteiger partial charge is 0.416 e. The number of hydrogen-bond acceptors (Lipinski definition) is 3. The van der Waals surface area contributed by atoms with E-state index in [1.54, 1.807) is 0 Å². The summed E-state index contributed by atoms with van der Waals surface area (Å²) in [5, 5.41) is 0. The van der Waals surface area contributed by atoms with E-state index in [1.165, 1.54) is 13.0 Å². The number of ketones is 1. The van der Waals surface area contributed by atoms with Crippen molar-refractivity contribution < 1.29 is 22.7 Å². The van der Waals surface area contributed by atoms with Crippen LogP contribution in [0.1, 0.15) is 27.9 Å². The molecule has 3 nitrogen and oxygen atoms in total. The average molecular weight is 273 g/mol. The lowest BCUT2D eigenvalue weighted by Gasteiger charge is -2.21. The highest BCUT2D eigenvalue weighted by atomic mass is 19.4. The van der Waals surface area contributed by atoms with Gasteiger partial charge in [-0.25, -0.2) is 0 Å². The van der Waals surface area contributed by atoms with Crippen molar-refractivity contribution in [3.05, 3.63) is 34.9 Å². The summed E-state index contributed by atoms with van der Waals surface area (Å²) in [6.45, 7) is 1.97. The highest BCUT2D eigenvalue weighted by Crippen LogP contribution is 2.31. The van der Waals surface area contributed by atoms with Gasteiger partial charge < -0.3 is 10.5 Å². The minimum absolute atomic E-state index is 0.103. The second-order valence-electron chi connectivity index (χ2n) is 4.82. The minimum atomic E-state index is -4.41. The number of carbonyl (C=O) groups is 1. The number of nitrogens with two attached hydrogens (primary N) is 1. The van der Waals surface area contributed by atoms with Gasteiger partial charge in [0.05, 0.1) is 12.2 Å². The molecule has 1 aromatic rings. The molecule has 1 aliphatic heterocycles. The standard InChI is InChI=1S/C13H14F3NO2/c1-8-6-9(13(14,15)16)2-3-10(8)11(18)12(17)4-5-19-7-12/h2-3,6H,4-5,7,17H2,1H3. The lowest BCUT2D eigenvalue weighted by atomic mass is 9.87. The second-order valence-corrected chi connectivity index (χ2v) is 4.82. The van der Waals surface area contributed by atoms with E-state index >= 15 is 0 Å². The minimum Gasteiger partial charge on any atom is -0.379 e. The topological polar surface area (TPSA) is 52.3 Å². The fourth-order valence-electron chi connectivity index (χ4n) is 2.12. The molecule has 1 fully saturated rings. The number of Topliss-reactive ketones (excluding diaryl/α,β-unsaturated/α-hetero) is 1. The van der Waals surface area contributed by atoms with Gasteiger partial charge in [-0.3, -0.25) is 4.79 Å². The Bertz CT molecular complexity index is 505. The van der Waals surface area contributed by atoms with Crippen molar-refractivity contribution in [1.82, 2.24) is 0 Å². The molecule has 2 rings (SSSR count). The van der Waals surface area contributed by atoms with E-state index in [0.717, 1.165) is 12.1 Å². The number of hydrogen-bond donors (Lipinski definition) is 1. The van der Waals surface area contributed by atoms with Gasteiger partial charge in [0.2, 0.25) is 0 Å². The normalized spacial score (nSPS) is 23.6. The monoisotopic (exact) mass is 273 g/mol. The molecule has 0 saturated carbocycles. The third-order valence-electron chi connectivity index (χ3n) is 3.30. The summed E-state index contributed by atoms with van der Waals surface area (Å²) in [6, 6.07) is 3.05. The fraction of sp³-hybridized carbons (Fsp3) is 0.462. The summed E-state index contributed by atoms with van der Waals surface area (Å²) in [7, 11) is 0. The first-order chi connectivity index (χ1) is 8.74. The molecular weight excluding hydrogens is 259 g/mol. The molecule has 104 valence electrons. The van der Waals surface area contributed by atoms with Crippen LogP contribution in [0.4, 0.5) is 13.2 Å². The van der Waals surface area contributed by atoms with Crippen LogP contribution in [0.5, 0.6) is 0 Å². The Morgan fingerprint density at radius 1 is 1.42 bits per heavy atom. The third kappa shape index (κ3) is 2.64. The van der Waals surface area contributed by atoms with Gasteiger partial charge in [-0.2, -0.15) is 13.2 Å². The molecule has 0 bridgehead atoms. The number of ether oxygens (including phenoxy) is 1. The molecule has 1 atom stereocenters. The van der Waals surface area contributed by atoms with Crippen molar-refractivity contribution in [1.29, 1.82) is 0 Å². The van der Waals surface area contributed by atoms with E-state index in [9.17, 15) is 18.0 Å². The summed E-state index contributed by atoms with van der Waals surface area (Å²) < 4.78 is 42.7. The van der Waals surface area contributed by atoms with Crippen LogP contribution >= 0.6 is 0 Å². The number of benzene rings is 1. The number of carbonyl (C=O) groups excluding carboxylic acids is 1. The van der Waals surface area contributed by atoms with Crippen LogP contribution < -0.4 is 5.73 Å². The molecule has 1 aliphatic rings. The number of alkyl halides is 3. The van der Waals surface area contributed by atoms with Crippen molar-refractivity contribution >= 4 is 5.78 Å². The van der Waals surface area contributed by atoms with Crippen LogP contribution in [0.25, 0.3) is 0 Å². The molecule has 1 unspecified atom stereocenters. The maximum atomic E-state index is 12.5.